The number of pyridine rings is 1. The maximum atomic E-state index is 12.4. The van der Waals surface area contributed by atoms with Crippen LogP contribution in [0.25, 0.3) is 5.65 Å². The summed E-state index contributed by atoms with van der Waals surface area (Å²) in [5.74, 6) is 1.03. The summed E-state index contributed by atoms with van der Waals surface area (Å²) in [6, 6.07) is 12.7. The number of rotatable bonds is 7. The first-order chi connectivity index (χ1) is 14.7. The summed E-state index contributed by atoms with van der Waals surface area (Å²) in [4.78, 5) is 30.3. The standard InChI is InChI=1S/C21H23N7O2/c1-22-21(24-14-18-26-25-17-10-4-6-12-27(17)18)23-11-5-7-13-28-19(29)15-8-2-3-9-16(15)20(28)30/h2-4,6,8-10,12H,5,7,11,13-14H2,1H3,(H2,22,23,24). The molecule has 0 radical (unpaired) electrons. The van der Waals surface area contributed by atoms with Gasteiger partial charge in [0.15, 0.2) is 17.4 Å². The van der Waals surface area contributed by atoms with Crippen molar-refractivity contribution in [3.63, 3.8) is 0 Å². The number of aliphatic imine (C=N–C) groups is 1. The molecule has 9 nitrogen and oxygen atoms in total. The van der Waals surface area contributed by atoms with Crippen molar-refractivity contribution in [2.24, 2.45) is 4.99 Å². The third-order valence-corrected chi connectivity index (χ3v) is 5.00. The van der Waals surface area contributed by atoms with Crippen LogP contribution in [0.3, 0.4) is 0 Å². The molecule has 1 aliphatic rings. The average Bonchev–Trinajstić information content (AvgIpc) is 3.30. The van der Waals surface area contributed by atoms with Crippen LogP contribution in [0.5, 0.6) is 0 Å². The molecular formula is C21H23N7O2. The summed E-state index contributed by atoms with van der Waals surface area (Å²) < 4.78 is 1.92. The van der Waals surface area contributed by atoms with Crippen molar-refractivity contribution in [2.45, 2.75) is 19.4 Å². The van der Waals surface area contributed by atoms with Crippen molar-refractivity contribution in [1.82, 2.24) is 30.1 Å². The highest BCUT2D eigenvalue weighted by Gasteiger charge is 2.34. The zero-order valence-electron chi connectivity index (χ0n) is 16.7. The molecule has 4 rings (SSSR count). The second-order valence-electron chi connectivity index (χ2n) is 6.91. The number of guanidine groups is 1. The van der Waals surface area contributed by atoms with Gasteiger partial charge in [0.1, 0.15) is 0 Å². The Morgan fingerprint density at radius 1 is 0.967 bits per heavy atom. The van der Waals surface area contributed by atoms with E-state index < -0.39 is 0 Å². The molecule has 3 heterocycles. The Labute approximate surface area is 173 Å². The fourth-order valence-corrected chi connectivity index (χ4v) is 3.44. The molecule has 0 unspecified atom stereocenters. The first-order valence-electron chi connectivity index (χ1n) is 9.87. The highest BCUT2D eigenvalue weighted by molar-refractivity contribution is 6.21. The Balaban J connectivity index is 1.21. The summed E-state index contributed by atoms with van der Waals surface area (Å²) in [7, 11) is 1.70. The number of unbranched alkanes of at least 4 members (excludes halogenated alkanes) is 1. The van der Waals surface area contributed by atoms with E-state index in [4.69, 9.17) is 0 Å². The number of amides is 2. The molecule has 30 heavy (non-hydrogen) atoms. The molecule has 9 heteroatoms. The first kappa shape index (κ1) is 19.6. The van der Waals surface area contributed by atoms with E-state index in [1.807, 2.05) is 28.8 Å². The molecule has 154 valence electrons. The van der Waals surface area contributed by atoms with Crippen LogP contribution in [0.15, 0.2) is 53.7 Å². The van der Waals surface area contributed by atoms with Crippen LogP contribution in [0, 0.1) is 0 Å². The minimum absolute atomic E-state index is 0.207. The minimum Gasteiger partial charge on any atom is -0.356 e. The lowest BCUT2D eigenvalue weighted by molar-refractivity contribution is 0.0652. The van der Waals surface area contributed by atoms with Gasteiger partial charge in [-0.15, -0.1) is 10.2 Å². The predicted molar refractivity (Wildman–Crippen MR) is 112 cm³/mol. The molecule has 3 aromatic rings. The number of nitrogens with one attached hydrogen (secondary N) is 2. The number of hydrogen-bond acceptors (Lipinski definition) is 5. The van der Waals surface area contributed by atoms with Crippen LogP contribution < -0.4 is 10.6 Å². The van der Waals surface area contributed by atoms with Crippen molar-refractivity contribution in [3.05, 3.63) is 65.6 Å². The van der Waals surface area contributed by atoms with Crippen molar-refractivity contribution in [3.8, 4) is 0 Å². The molecule has 0 atom stereocenters. The van der Waals surface area contributed by atoms with E-state index in [2.05, 4.69) is 25.8 Å². The van der Waals surface area contributed by atoms with Gasteiger partial charge in [-0.2, -0.15) is 0 Å². The van der Waals surface area contributed by atoms with E-state index >= 15 is 0 Å². The van der Waals surface area contributed by atoms with Crippen molar-refractivity contribution in [1.29, 1.82) is 0 Å². The van der Waals surface area contributed by atoms with Gasteiger partial charge in [-0.05, 0) is 37.1 Å². The number of aromatic nitrogens is 3. The highest BCUT2D eigenvalue weighted by Crippen LogP contribution is 2.22. The van der Waals surface area contributed by atoms with E-state index in [9.17, 15) is 9.59 Å². The second-order valence-corrected chi connectivity index (χ2v) is 6.91. The number of nitrogens with zero attached hydrogens (tertiary/aromatic N) is 5. The zero-order valence-corrected chi connectivity index (χ0v) is 16.7. The van der Waals surface area contributed by atoms with E-state index in [0.29, 0.717) is 43.1 Å². The lowest BCUT2D eigenvalue weighted by Gasteiger charge is -2.14. The van der Waals surface area contributed by atoms with Gasteiger partial charge in [0.2, 0.25) is 0 Å². The topological polar surface area (TPSA) is 104 Å². The molecule has 0 bridgehead atoms. The van der Waals surface area contributed by atoms with Crippen molar-refractivity contribution < 1.29 is 9.59 Å². The quantitative estimate of drug-likeness (QED) is 0.267. The molecular weight excluding hydrogens is 382 g/mol. The van der Waals surface area contributed by atoms with Gasteiger partial charge < -0.3 is 10.6 Å². The summed E-state index contributed by atoms with van der Waals surface area (Å²) in [6.45, 7) is 1.56. The van der Waals surface area contributed by atoms with Gasteiger partial charge in [-0.25, -0.2) is 0 Å². The molecule has 1 aliphatic heterocycles. The minimum atomic E-state index is -0.207. The molecule has 0 spiro atoms. The van der Waals surface area contributed by atoms with Crippen LogP contribution in [0.4, 0.5) is 0 Å². The number of benzene rings is 1. The number of carbonyl (C=O) groups excluding carboxylic acids is 2. The van der Waals surface area contributed by atoms with Crippen LogP contribution in [-0.4, -0.2) is 57.4 Å². The SMILES string of the molecule is CN=C(NCCCCN1C(=O)c2ccccc2C1=O)NCc1nnc2ccccn12. The molecule has 0 aliphatic carbocycles. The smallest absolute Gasteiger partial charge is 0.261 e. The lowest BCUT2D eigenvalue weighted by Crippen LogP contribution is -2.38. The Morgan fingerprint density at radius 3 is 2.43 bits per heavy atom. The van der Waals surface area contributed by atoms with Crippen LogP contribution in [0.2, 0.25) is 0 Å². The number of imide groups is 1. The molecule has 0 saturated heterocycles. The van der Waals surface area contributed by atoms with Gasteiger partial charge in [0.05, 0.1) is 17.7 Å². The molecule has 2 aromatic heterocycles. The number of hydrogen-bond donors (Lipinski definition) is 2. The van der Waals surface area contributed by atoms with Crippen molar-refractivity contribution >= 4 is 23.4 Å². The van der Waals surface area contributed by atoms with Crippen LogP contribution >= 0.6 is 0 Å². The molecule has 0 fully saturated rings. The molecule has 1 aromatic carbocycles. The maximum Gasteiger partial charge on any atom is 0.261 e. The van der Waals surface area contributed by atoms with Gasteiger partial charge in [0.25, 0.3) is 11.8 Å². The fourth-order valence-electron chi connectivity index (χ4n) is 3.44. The summed E-state index contributed by atoms with van der Waals surface area (Å²) >= 11 is 0. The van der Waals surface area contributed by atoms with E-state index in [0.717, 1.165) is 17.9 Å². The van der Waals surface area contributed by atoms with Gasteiger partial charge in [0, 0.05) is 26.3 Å². The molecule has 2 N–H and O–H groups in total. The third kappa shape index (κ3) is 3.86. The largest absolute Gasteiger partial charge is 0.356 e. The van der Waals surface area contributed by atoms with Gasteiger partial charge in [-0.1, -0.05) is 18.2 Å². The zero-order chi connectivity index (χ0) is 20.9. The predicted octanol–water partition coefficient (Wildman–Crippen LogP) is 1.47. The first-order valence-corrected chi connectivity index (χ1v) is 9.87. The molecule has 0 saturated carbocycles. The van der Waals surface area contributed by atoms with E-state index in [1.165, 1.54) is 4.90 Å². The Morgan fingerprint density at radius 2 is 1.70 bits per heavy atom. The van der Waals surface area contributed by atoms with E-state index in [1.54, 1.807) is 31.3 Å². The van der Waals surface area contributed by atoms with Crippen LogP contribution in [0.1, 0.15) is 39.4 Å². The second kappa shape index (κ2) is 8.73. The normalized spacial score (nSPS) is 13.8. The lowest BCUT2D eigenvalue weighted by atomic mass is 10.1. The van der Waals surface area contributed by atoms with E-state index in [-0.39, 0.29) is 11.8 Å². The fraction of sp³-hybridized carbons (Fsp3) is 0.286. The Kier molecular flexibility index (Phi) is 5.69. The Bertz CT molecular complexity index is 1070. The van der Waals surface area contributed by atoms with Gasteiger partial charge >= 0.3 is 0 Å². The monoisotopic (exact) mass is 405 g/mol. The van der Waals surface area contributed by atoms with Crippen LogP contribution in [-0.2, 0) is 6.54 Å². The Hall–Kier alpha value is -3.75. The van der Waals surface area contributed by atoms with Crippen molar-refractivity contribution in [2.75, 3.05) is 20.1 Å². The average molecular weight is 405 g/mol. The number of carbonyl (C=O) groups is 2. The summed E-state index contributed by atoms with van der Waals surface area (Å²) in [6.07, 6.45) is 3.42. The molecule has 2 amide bonds. The summed E-state index contributed by atoms with van der Waals surface area (Å²) in [5.41, 5.74) is 1.78. The maximum absolute atomic E-state index is 12.4. The number of fused-ring (bicyclic) bond motifs is 2. The third-order valence-electron chi connectivity index (χ3n) is 5.00. The summed E-state index contributed by atoms with van der Waals surface area (Å²) in [5, 5.41) is 14.8. The highest BCUT2D eigenvalue weighted by atomic mass is 16.2. The van der Waals surface area contributed by atoms with Gasteiger partial charge in [-0.3, -0.25) is 23.9 Å².